The predicted octanol–water partition coefficient (Wildman–Crippen LogP) is 1.96. The van der Waals surface area contributed by atoms with Crippen molar-refractivity contribution in [2.24, 2.45) is 0 Å². The molecule has 1 aromatic carbocycles. The third-order valence-electron chi connectivity index (χ3n) is 3.66. The smallest absolute Gasteiger partial charge is 0.255 e. The average molecular weight is 363 g/mol. The van der Waals surface area contributed by atoms with E-state index in [2.05, 4.69) is 15.0 Å². The number of sulfonamides is 1. The summed E-state index contributed by atoms with van der Waals surface area (Å²) >= 11 is 0. The van der Waals surface area contributed by atoms with Crippen molar-refractivity contribution in [2.45, 2.75) is 25.0 Å². The first-order chi connectivity index (χ1) is 11.7. The van der Waals surface area contributed by atoms with Gasteiger partial charge in [-0.1, -0.05) is 0 Å². The zero-order chi connectivity index (χ0) is 18.2. The minimum absolute atomic E-state index is 0.0885. The number of amides is 1. The van der Waals surface area contributed by atoms with Crippen LogP contribution >= 0.6 is 0 Å². The SMILES string of the molecule is Cc1cc(C(=O)Nc2ccc(O)c(O)c2)cc(NS(=O)(=O)C2CC2)n1. The van der Waals surface area contributed by atoms with Crippen LogP contribution in [0.5, 0.6) is 11.5 Å². The van der Waals surface area contributed by atoms with Gasteiger partial charge >= 0.3 is 0 Å². The molecule has 0 spiro atoms. The lowest BCUT2D eigenvalue weighted by atomic mass is 10.2. The fraction of sp³-hybridized carbons (Fsp3) is 0.250. The number of pyridine rings is 1. The third-order valence-corrected chi connectivity index (χ3v) is 5.50. The molecule has 9 heteroatoms. The number of rotatable bonds is 5. The van der Waals surface area contributed by atoms with E-state index in [1.807, 2.05) is 0 Å². The number of carbonyl (C=O) groups is 1. The summed E-state index contributed by atoms with van der Waals surface area (Å²) in [5.41, 5.74) is 0.984. The van der Waals surface area contributed by atoms with E-state index in [0.29, 0.717) is 18.5 Å². The van der Waals surface area contributed by atoms with Gasteiger partial charge in [0.15, 0.2) is 11.5 Å². The molecule has 0 atom stereocenters. The Morgan fingerprint density at radius 3 is 2.52 bits per heavy atom. The van der Waals surface area contributed by atoms with Gasteiger partial charge in [0.05, 0.1) is 5.25 Å². The lowest BCUT2D eigenvalue weighted by Crippen LogP contribution is -2.19. The van der Waals surface area contributed by atoms with Gasteiger partial charge in [0.1, 0.15) is 5.82 Å². The number of aromatic hydroxyl groups is 2. The van der Waals surface area contributed by atoms with E-state index in [-0.39, 0.29) is 28.6 Å². The van der Waals surface area contributed by atoms with E-state index in [4.69, 9.17) is 0 Å². The highest BCUT2D eigenvalue weighted by molar-refractivity contribution is 7.93. The van der Waals surface area contributed by atoms with Crippen molar-refractivity contribution in [3.05, 3.63) is 41.6 Å². The first-order valence-electron chi connectivity index (χ1n) is 7.58. The quantitative estimate of drug-likeness (QED) is 0.475. The van der Waals surface area contributed by atoms with Gasteiger partial charge in [-0.25, -0.2) is 13.4 Å². The molecule has 0 radical (unpaired) electrons. The van der Waals surface area contributed by atoms with Crippen molar-refractivity contribution in [3.63, 3.8) is 0 Å². The maximum Gasteiger partial charge on any atom is 0.255 e. The number of anilines is 2. The molecule has 1 aliphatic carbocycles. The summed E-state index contributed by atoms with van der Waals surface area (Å²) in [5.74, 6) is -1.07. The first kappa shape index (κ1) is 17.0. The van der Waals surface area contributed by atoms with Crippen LogP contribution in [0.3, 0.4) is 0 Å². The van der Waals surface area contributed by atoms with Gasteiger partial charge in [-0.2, -0.15) is 0 Å². The molecule has 0 aliphatic heterocycles. The Morgan fingerprint density at radius 1 is 1.16 bits per heavy atom. The Morgan fingerprint density at radius 2 is 1.88 bits per heavy atom. The van der Waals surface area contributed by atoms with Gasteiger partial charge in [0, 0.05) is 23.0 Å². The molecule has 1 aliphatic rings. The Bertz CT molecular complexity index is 939. The molecule has 1 fully saturated rings. The fourth-order valence-electron chi connectivity index (χ4n) is 2.26. The highest BCUT2D eigenvalue weighted by atomic mass is 32.2. The second-order valence-corrected chi connectivity index (χ2v) is 7.85. The number of aryl methyl sites for hydroxylation is 1. The summed E-state index contributed by atoms with van der Waals surface area (Å²) in [6.45, 7) is 1.65. The summed E-state index contributed by atoms with van der Waals surface area (Å²) in [4.78, 5) is 16.5. The number of aromatic nitrogens is 1. The molecule has 0 bridgehead atoms. The Hall–Kier alpha value is -2.81. The van der Waals surface area contributed by atoms with Gasteiger partial charge in [-0.05, 0) is 44.0 Å². The summed E-state index contributed by atoms with van der Waals surface area (Å²) in [5, 5.41) is 20.9. The van der Waals surface area contributed by atoms with E-state index >= 15 is 0 Å². The number of nitrogens with one attached hydrogen (secondary N) is 2. The van der Waals surface area contributed by atoms with Crippen molar-refractivity contribution < 1.29 is 23.4 Å². The molecule has 1 saturated carbocycles. The van der Waals surface area contributed by atoms with Gasteiger partial charge < -0.3 is 15.5 Å². The monoisotopic (exact) mass is 363 g/mol. The van der Waals surface area contributed by atoms with Crippen molar-refractivity contribution in [3.8, 4) is 11.5 Å². The third kappa shape index (κ3) is 4.00. The molecule has 4 N–H and O–H groups in total. The minimum atomic E-state index is -3.47. The van der Waals surface area contributed by atoms with Gasteiger partial charge in [0.2, 0.25) is 10.0 Å². The summed E-state index contributed by atoms with van der Waals surface area (Å²) in [7, 11) is -3.47. The van der Waals surface area contributed by atoms with Crippen LogP contribution in [0.1, 0.15) is 28.9 Å². The zero-order valence-electron chi connectivity index (χ0n) is 13.4. The van der Waals surface area contributed by atoms with E-state index in [9.17, 15) is 23.4 Å². The average Bonchev–Trinajstić information content (AvgIpc) is 3.35. The van der Waals surface area contributed by atoms with Crippen LogP contribution in [0.25, 0.3) is 0 Å². The first-order valence-corrected chi connectivity index (χ1v) is 9.13. The Labute approximate surface area is 144 Å². The van der Waals surface area contributed by atoms with Crippen LogP contribution in [-0.2, 0) is 10.0 Å². The molecule has 0 saturated heterocycles. The molecule has 25 heavy (non-hydrogen) atoms. The second-order valence-electron chi connectivity index (χ2n) is 5.89. The van der Waals surface area contributed by atoms with Crippen LogP contribution < -0.4 is 10.0 Å². The lowest BCUT2D eigenvalue weighted by Gasteiger charge is -2.10. The van der Waals surface area contributed by atoms with Crippen molar-refractivity contribution in [1.82, 2.24) is 4.98 Å². The zero-order valence-corrected chi connectivity index (χ0v) is 14.2. The molecule has 1 heterocycles. The van der Waals surface area contributed by atoms with E-state index in [0.717, 1.165) is 0 Å². The van der Waals surface area contributed by atoms with Crippen LogP contribution in [0, 0.1) is 6.92 Å². The highest BCUT2D eigenvalue weighted by Crippen LogP contribution is 2.30. The van der Waals surface area contributed by atoms with Gasteiger partial charge in [-0.3, -0.25) is 9.52 Å². The van der Waals surface area contributed by atoms with Gasteiger partial charge in [-0.15, -0.1) is 0 Å². The molecular formula is C16H17N3O5S. The number of phenolic OH excluding ortho intramolecular Hbond substituents is 2. The standard InChI is InChI=1S/C16H17N3O5S/c1-9-6-10(7-15(17-9)19-25(23,24)12-3-4-12)16(22)18-11-2-5-13(20)14(21)8-11/h2,5-8,12,20-21H,3-4H2,1H3,(H,17,19)(H,18,22). The molecule has 2 aromatic rings. The van der Waals surface area contributed by atoms with Crippen molar-refractivity contribution >= 4 is 27.4 Å². The maximum atomic E-state index is 12.4. The number of nitrogens with zero attached hydrogens (tertiary/aromatic N) is 1. The summed E-state index contributed by atoms with van der Waals surface area (Å²) in [6, 6.07) is 6.75. The number of hydrogen-bond acceptors (Lipinski definition) is 6. The molecule has 132 valence electrons. The van der Waals surface area contributed by atoms with Crippen molar-refractivity contribution in [2.75, 3.05) is 10.0 Å². The molecule has 1 aromatic heterocycles. The van der Waals surface area contributed by atoms with Crippen LogP contribution in [0.4, 0.5) is 11.5 Å². The maximum absolute atomic E-state index is 12.4. The number of hydrogen-bond donors (Lipinski definition) is 4. The summed E-state index contributed by atoms with van der Waals surface area (Å²) in [6.07, 6.45) is 1.25. The molecule has 0 unspecified atom stereocenters. The van der Waals surface area contributed by atoms with Crippen LogP contribution in [0.15, 0.2) is 30.3 Å². The Kier molecular flexibility index (Phi) is 4.25. The number of benzene rings is 1. The lowest BCUT2D eigenvalue weighted by molar-refractivity contribution is 0.102. The molecule has 8 nitrogen and oxygen atoms in total. The number of carbonyl (C=O) groups excluding carboxylic acids is 1. The predicted molar refractivity (Wildman–Crippen MR) is 92.3 cm³/mol. The normalized spacial score (nSPS) is 14.1. The van der Waals surface area contributed by atoms with Gasteiger partial charge in [0.25, 0.3) is 5.91 Å². The molecule has 3 rings (SSSR count). The Balaban J connectivity index is 1.81. The van der Waals surface area contributed by atoms with E-state index in [1.54, 1.807) is 6.92 Å². The van der Waals surface area contributed by atoms with Crippen LogP contribution in [0.2, 0.25) is 0 Å². The topological polar surface area (TPSA) is 129 Å². The number of phenols is 2. The largest absolute Gasteiger partial charge is 0.504 e. The van der Waals surface area contributed by atoms with Crippen molar-refractivity contribution in [1.29, 1.82) is 0 Å². The molecule has 1 amide bonds. The second kappa shape index (κ2) is 6.25. The summed E-state index contributed by atoms with van der Waals surface area (Å²) < 4.78 is 26.4. The molecular weight excluding hydrogens is 346 g/mol. The minimum Gasteiger partial charge on any atom is -0.504 e. The highest BCUT2D eigenvalue weighted by Gasteiger charge is 2.36. The van der Waals surface area contributed by atoms with Crippen LogP contribution in [-0.4, -0.2) is 34.8 Å². The van der Waals surface area contributed by atoms with E-state index in [1.165, 1.54) is 30.3 Å². The van der Waals surface area contributed by atoms with E-state index < -0.39 is 21.2 Å². The fourth-order valence-corrected chi connectivity index (χ4v) is 3.58.